The molecule has 0 unspecified atom stereocenters. The number of aromatic hydroxyl groups is 2. The fraction of sp³-hybridized carbons (Fsp3) is 0.250. The molecule has 0 aliphatic heterocycles. The number of nitrogens with one attached hydrogen (secondary N) is 1. The SMILES string of the molecule is Oc1ccc(CCNS)cc1O. The Balaban J connectivity index is 2.69. The average Bonchev–Trinajstić information content (AvgIpc) is 2.07. The van der Waals surface area contributed by atoms with E-state index in [4.69, 9.17) is 10.2 Å². The number of thiol groups is 1. The topological polar surface area (TPSA) is 52.5 Å². The maximum Gasteiger partial charge on any atom is 0.157 e. The smallest absolute Gasteiger partial charge is 0.157 e. The van der Waals surface area contributed by atoms with Crippen molar-refractivity contribution in [2.24, 2.45) is 0 Å². The van der Waals surface area contributed by atoms with Crippen molar-refractivity contribution in [1.82, 2.24) is 4.72 Å². The van der Waals surface area contributed by atoms with Crippen molar-refractivity contribution in [3.63, 3.8) is 0 Å². The Morgan fingerprint density at radius 2 is 2.00 bits per heavy atom. The Hall–Kier alpha value is -0.870. The van der Waals surface area contributed by atoms with E-state index in [2.05, 4.69) is 17.5 Å². The molecule has 0 radical (unpaired) electrons. The third kappa shape index (κ3) is 2.32. The highest BCUT2D eigenvalue weighted by Crippen LogP contribution is 2.24. The molecular formula is C8H11NO2S. The molecule has 0 aromatic heterocycles. The van der Waals surface area contributed by atoms with Crippen molar-refractivity contribution in [2.45, 2.75) is 6.42 Å². The molecule has 0 fully saturated rings. The van der Waals surface area contributed by atoms with Crippen LogP contribution in [-0.2, 0) is 6.42 Å². The molecule has 0 aliphatic carbocycles. The molecule has 0 heterocycles. The summed E-state index contributed by atoms with van der Waals surface area (Å²) in [6.45, 7) is 0.729. The Labute approximate surface area is 76.6 Å². The van der Waals surface area contributed by atoms with Gasteiger partial charge in [0.25, 0.3) is 0 Å². The van der Waals surface area contributed by atoms with Crippen molar-refractivity contribution in [3.8, 4) is 11.5 Å². The van der Waals surface area contributed by atoms with Crippen molar-refractivity contribution < 1.29 is 10.2 Å². The van der Waals surface area contributed by atoms with Crippen LogP contribution in [0.3, 0.4) is 0 Å². The second kappa shape index (κ2) is 4.23. The zero-order valence-electron chi connectivity index (χ0n) is 6.49. The van der Waals surface area contributed by atoms with Gasteiger partial charge in [-0.2, -0.15) is 0 Å². The van der Waals surface area contributed by atoms with Gasteiger partial charge < -0.3 is 10.2 Å². The molecule has 3 N–H and O–H groups in total. The molecule has 0 spiro atoms. The molecule has 3 nitrogen and oxygen atoms in total. The summed E-state index contributed by atoms with van der Waals surface area (Å²) in [7, 11) is 0. The molecule has 0 aliphatic rings. The van der Waals surface area contributed by atoms with Gasteiger partial charge in [-0.15, -0.1) is 0 Å². The summed E-state index contributed by atoms with van der Waals surface area (Å²) in [5.74, 6) is -0.163. The maximum absolute atomic E-state index is 9.11. The zero-order valence-corrected chi connectivity index (χ0v) is 7.38. The summed E-state index contributed by atoms with van der Waals surface area (Å²) >= 11 is 3.84. The first-order valence-corrected chi connectivity index (χ1v) is 4.06. The summed E-state index contributed by atoms with van der Waals surface area (Å²) in [5, 5.41) is 18.1. The van der Waals surface area contributed by atoms with E-state index in [0.29, 0.717) is 0 Å². The Morgan fingerprint density at radius 1 is 1.25 bits per heavy atom. The molecule has 1 rings (SSSR count). The first-order chi connectivity index (χ1) is 5.74. The van der Waals surface area contributed by atoms with Crippen LogP contribution in [0.1, 0.15) is 5.56 Å². The lowest BCUT2D eigenvalue weighted by Gasteiger charge is -2.02. The van der Waals surface area contributed by atoms with E-state index in [9.17, 15) is 0 Å². The number of rotatable bonds is 3. The minimum Gasteiger partial charge on any atom is -0.504 e. The van der Waals surface area contributed by atoms with Crippen molar-refractivity contribution in [3.05, 3.63) is 23.8 Å². The van der Waals surface area contributed by atoms with E-state index in [1.807, 2.05) is 0 Å². The fourth-order valence-electron chi connectivity index (χ4n) is 0.925. The van der Waals surface area contributed by atoms with Crippen molar-refractivity contribution in [2.75, 3.05) is 6.54 Å². The van der Waals surface area contributed by atoms with Gasteiger partial charge in [-0.3, -0.25) is 4.72 Å². The number of hydrogen-bond acceptors (Lipinski definition) is 4. The van der Waals surface area contributed by atoms with E-state index in [0.717, 1.165) is 18.5 Å². The molecule has 0 saturated heterocycles. The predicted octanol–water partition coefficient (Wildman–Crippen LogP) is 1.07. The van der Waals surface area contributed by atoms with Gasteiger partial charge in [-0.1, -0.05) is 18.9 Å². The summed E-state index contributed by atoms with van der Waals surface area (Å²) in [6.07, 6.45) is 0.775. The lowest BCUT2D eigenvalue weighted by Crippen LogP contribution is -2.04. The molecule has 4 heteroatoms. The van der Waals surface area contributed by atoms with Crippen LogP contribution >= 0.6 is 12.8 Å². The van der Waals surface area contributed by atoms with Gasteiger partial charge in [-0.05, 0) is 24.1 Å². The molecule has 12 heavy (non-hydrogen) atoms. The summed E-state index contributed by atoms with van der Waals surface area (Å²) in [6, 6.07) is 4.78. The van der Waals surface area contributed by atoms with Crippen LogP contribution in [0.2, 0.25) is 0 Å². The van der Waals surface area contributed by atoms with Crippen LogP contribution in [0.4, 0.5) is 0 Å². The summed E-state index contributed by atoms with van der Waals surface area (Å²) in [5.41, 5.74) is 0.965. The van der Waals surface area contributed by atoms with Crippen LogP contribution < -0.4 is 4.72 Å². The fourth-order valence-corrected chi connectivity index (χ4v) is 1.04. The van der Waals surface area contributed by atoms with Gasteiger partial charge >= 0.3 is 0 Å². The molecule has 0 bridgehead atoms. The molecule has 0 saturated carbocycles. The molecule has 0 amide bonds. The number of phenolic OH excluding ortho intramolecular Hbond substituents is 2. The summed E-state index contributed by atoms with van der Waals surface area (Å²) < 4.78 is 2.70. The zero-order chi connectivity index (χ0) is 8.97. The third-order valence-electron chi connectivity index (χ3n) is 1.57. The van der Waals surface area contributed by atoms with Gasteiger partial charge in [-0.25, -0.2) is 0 Å². The van der Waals surface area contributed by atoms with Crippen LogP contribution in [0.25, 0.3) is 0 Å². The van der Waals surface area contributed by atoms with Crippen molar-refractivity contribution >= 4 is 12.8 Å². The molecule has 66 valence electrons. The number of phenols is 2. The maximum atomic E-state index is 9.11. The largest absolute Gasteiger partial charge is 0.504 e. The number of hydrogen-bond donors (Lipinski definition) is 4. The average molecular weight is 185 g/mol. The van der Waals surface area contributed by atoms with E-state index < -0.39 is 0 Å². The second-order valence-electron chi connectivity index (χ2n) is 2.48. The minimum absolute atomic E-state index is 0.0772. The molecule has 1 aromatic rings. The number of benzene rings is 1. The van der Waals surface area contributed by atoms with Crippen LogP contribution in [0, 0.1) is 0 Å². The molecule has 1 aromatic carbocycles. The van der Waals surface area contributed by atoms with E-state index in [-0.39, 0.29) is 11.5 Å². The lowest BCUT2D eigenvalue weighted by atomic mass is 10.1. The highest BCUT2D eigenvalue weighted by atomic mass is 32.1. The van der Waals surface area contributed by atoms with Crippen LogP contribution in [0.5, 0.6) is 11.5 Å². The predicted molar refractivity (Wildman–Crippen MR) is 50.5 cm³/mol. The molecule has 0 atom stereocenters. The first kappa shape index (κ1) is 9.22. The van der Waals surface area contributed by atoms with E-state index in [1.165, 1.54) is 6.07 Å². The first-order valence-electron chi connectivity index (χ1n) is 3.62. The van der Waals surface area contributed by atoms with Crippen LogP contribution in [0.15, 0.2) is 18.2 Å². The van der Waals surface area contributed by atoms with Gasteiger partial charge in [0, 0.05) is 6.54 Å². The lowest BCUT2D eigenvalue weighted by molar-refractivity contribution is 0.403. The second-order valence-corrected chi connectivity index (χ2v) is 2.80. The summed E-state index contributed by atoms with van der Waals surface area (Å²) in [4.78, 5) is 0. The highest BCUT2D eigenvalue weighted by molar-refractivity contribution is 7.78. The van der Waals surface area contributed by atoms with Gasteiger partial charge in [0.2, 0.25) is 0 Å². The van der Waals surface area contributed by atoms with E-state index in [1.54, 1.807) is 12.1 Å². The van der Waals surface area contributed by atoms with Gasteiger partial charge in [0.1, 0.15) is 0 Å². The normalized spacial score (nSPS) is 10.1. The van der Waals surface area contributed by atoms with Gasteiger partial charge in [0.15, 0.2) is 11.5 Å². The van der Waals surface area contributed by atoms with E-state index >= 15 is 0 Å². The quantitative estimate of drug-likeness (QED) is 0.421. The minimum atomic E-state index is -0.0856. The Morgan fingerprint density at radius 3 is 2.58 bits per heavy atom. The van der Waals surface area contributed by atoms with Gasteiger partial charge in [0.05, 0.1) is 0 Å². The third-order valence-corrected chi connectivity index (χ3v) is 1.79. The Bertz CT molecular complexity index is 265. The standard InChI is InChI=1S/C8H11NO2S/c10-7-2-1-6(3-4-9-12)5-8(7)11/h1-2,5,9-12H,3-4H2. The monoisotopic (exact) mass is 185 g/mol. The van der Waals surface area contributed by atoms with Crippen molar-refractivity contribution in [1.29, 1.82) is 0 Å². The molecular weight excluding hydrogens is 174 g/mol. The highest BCUT2D eigenvalue weighted by Gasteiger charge is 1.99. The Kier molecular flexibility index (Phi) is 3.25. The van der Waals surface area contributed by atoms with Crippen LogP contribution in [-0.4, -0.2) is 16.8 Å².